The summed E-state index contributed by atoms with van der Waals surface area (Å²) in [5, 5.41) is 29.5. The predicted molar refractivity (Wildman–Crippen MR) is 90.9 cm³/mol. The van der Waals surface area contributed by atoms with Crippen molar-refractivity contribution in [3.05, 3.63) is 58.6 Å². The lowest BCUT2D eigenvalue weighted by atomic mass is 9.79. The Labute approximate surface area is 145 Å². The summed E-state index contributed by atoms with van der Waals surface area (Å²) in [6.45, 7) is 4.83. The van der Waals surface area contributed by atoms with Crippen LogP contribution < -0.4 is 0 Å². The molecule has 4 atom stereocenters. The van der Waals surface area contributed by atoms with Crippen LogP contribution in [0.5, 0.6) is 0 Å². The van der Waals surface area contributed by atoms with Crippen LogP contribution in [0.2, 0.25) is 0 Å². The highest BCUT2D eigenvalue weighted by atomic mass is 35.5. The molecule has 130 valence electrons. The summed E-state index contributed by atoms with van der Waals surface area (Å²) < 4.78 is 5.40. The van der Waals surface area contributed by atoms with Gasteiger partial charge in [-0.3, -0.25) is 4.79 Å². The van der Waals surface area contributed by atoms with Gasteiger partial charge in [0.15, 0.2) is 5.60 Å². The lowest BCUT2D eigenvalue weighted by Crippen LogP contribution is -2.51. The second kappa shape index (κ2) is 7.07. The summed E-state index contributed by atoms with van der Waals surface area (Å²) in [6.07, 6.45) is 8.01. The molecule has 2 aliphatic rings. The van der Waals surface area contributed by atoms with Gasteiger partial charge in [-0.2, -0.15) is 0 Å². The van der Waals surface area contributed by atoms with Crippen molar-refractivity contribution in [3.63, 3.8) is 0 Å². The fraction of sp³-hybridized carbons (Fsp3) is 0.389. The fourth-order valence-corrected chi connectivity index (χ4v) is 2.62. The number of hydrogen-bond acceptors (Lipinski definition) is 5. The van der Waals surface area contributed by atoms with Gasteiger partial charge in [-0.15, -0.1) is 0 Å². The van der Waals surface area contributed by atoms with Gasteiger partial charge in [0.2, 0.25) is 5.78 Å². The number of aliphatic hydroxyl groups excluding tert-OH is 2. The van der Waals surface area contributed by atoms with Crippen LogP contribution in [0.1, 0.15) is 20.8 Å². The molecule has 0 aromatic rings. The molecular weight excluding hydrogens is 332 g/mol. The summed E-state index contributed by atoms with van der Waals surface area (Å²) in [7, 11) is 0. The number of halogens is 1. The van der Waals surface area contributed by atoms with Gasteiger partial charge in [-0.1, -0.05) is 36.8 Å². The van der Waals surface area contributed by atoms with Crippen molar-refractivity contribution in [2.75, 3.05) is 0 Å². The van der Waals surface area contributed by atoms with Gasteiger partial charge >= 0.3 is 0 Å². The summed E-state index contributed by atoms with van der Waals surface area (Å²) in [5.41, 5.74) is -1.37. The zero-order valence-corrected chi connectivity index (χ0v) is 14.5. The van der Waals surface area contributed by atoms with Crippen molar-refractivity contribution in [1.82, 2.24) is 0 Å². The molecule has 1 aliphatic heterocycles. The van der Waals surface area contributed by atoms with Gasteiger partial charge in [-0.05, 0) is 31.9 Å². The highest BCUT2D eigenvalue weighted by molar-refractivity contribution is 6.45. The van der Waals surface area contributed by atoms with Crippen LogP contribution in [0.4, 0.5) is 0 Å². The molecule has 0 aromatic heterocycles. The third-order valence-electron chi connectivity index (χ3n) is 4.19. The second-order valence-corrected chi connectivity index (χ2v) is 6.57. The first kappa shape index (κ1) is 18.7. The summed E-state index contributed by atoms with van der Waals surface area (Å²) in [5.74, 6) is -0.272. The van der Waals surface area contributed by atoms with Gasteiger partial charge in [0.1, 0.15) is 11.9 Å². The van der Waals surface area contributed by atoms with E-state index < -0.39 is 23.6 Å². The van der Waals surface area contributed by atoms with Crippen LogP contribution >= 0.6 is 11.6 Å². The minimum Gasteiger partial charge on any atom is -0.465 e. The molecule has 5 nitrogen and oxygen atoms in total. The molecule has 6 heteroatoms. The van der Waals surface area contributed by atoms with Crippen molar-refractivity contribution in [2.24, 2.45) is 5.92 Å². The third-order valence-corrected chi connectivity index (χ3v) is 4.56. The maximum absolute atomic E-state index is 12.1. The van der Waals surface area contributed by atoms with Crippen molar-refractivity contribution < 1.29 is 24.9 Å². The number of rotatable bonds is 4. The van der Waals surface area contributed by atoms with Crippen LogP contribution in [-0.2, 0) is 9.53 Å². The maximum Gasteiger partial charge on any atom is 0.209 e. The highest BCUT2D eigenvalue weighted by Gasteiger charge is 2.48. The molecular formula is C18H21ClO5. The number of carbonyl (C=O) groups is 1. The number of hydrogen-bond donors (Lipinski definition) is 3. The molecule has 24 heavy (non-hydrogen) atoms. The molecule has 0 fully saturated rings. The molecule has 0 spiro atoms. The van der Waals surface area contributed by atoms with Crippen LogP contribution in [0, 0.1) is 5.92 Å². The van der Waals surface area contributed by atoms with Crippen molar-refractivity contribution in [1.29, 1.82) is 0 Å². The molecule has 4 unspecified atom stereocenters. The quantitative estimate of drug-likeness (QED) is 0.674. The average molecular weight is 353 g/mol. The minimum atomic E-state index is -1.98. The number of aliphatic hydroxyl groups is 3. The van der Waals surface area contributed by atoms with Crippen molar-refractivity contribution in [2.45, 2.75) is 38.6 Å². The Morgan fingerprint density at radius 1 is 1.38 bits per heavy atom. The van der Waals surface area contributed by atoms with E-state index in [0.717, 1.165) is 0 Å². The van der Waals surface area contributed by atoms with Crippen LogP contribution in [-0.4, -0.2) is 38.9 Å². The summed E-state index contributed by atoms with van der Waals surface area (Å²) in [6, 6.07) is 0. The van der Waals surface area contributed by atoms with E-state index in [1.165, 1.54) is 19.3 Å². The molecule has 0 bridgehead atoms. The van der Waals surface area contributed by atoms with Gasteiger partial charge in [0.05, 0.1) is 17.4 Å². The first-order valence-corrected chi connectivity index (χ1v) is 8.00. The van der Waals surface area contributed by atoms with Gasteiger partial charge in [0.25, 0.3) is 0 Å². The Kier molecular flexibility index (Phi) is 5.50. The SMILES string of the molecule is CC(O)C(C)/C=C/C=C/C1=CC2=C(Cl)C(=O)C(C)(O)C(O)C2=CO1. The first-order valence-electron chi connectivity index (χ1n) is 7.63. The van der Waals surface area contributed by atoms with E-state index in [1.54, 1.807) is 25.2 Å². The average Bonchev–Trinajstić information content (AvgIpc) is 2.55. The highest BCUT2D eigenvalue weighted by Crippen LogP contribution is 2.39. The van der Waals surface area contributed by atoms with Gasteiger partial charge < -0.3 is 20.1 Å². The topological polar surface area (TPSA) is 87.0 Å². The molecule has 0 saturated heterocycles. The minimum absolute atomic E-state index is 0.0212. The van der Waals surface area contributed by atoms with E-state index in [4.69, 9.17) is 16.3 Å². The number of ether oxygens (including phenoxy) is 1. The van der Waals surface area contributed by atoms with Crippen molar-refractivity contribution in [3.8, 4) is 0 Å². The predicted octanol–water partition coefficient (Wildman–Crippen LogP) is 2.10. The number of carbonyl (C=O) groups excluding carboxylic acids is 1. The van der Waals surface area contributed by atoms with Crippen LogP contribution in [0.3, 0.4) is 0 Å². The van der Waals surface area contributed by atoms with Gasteiger partial charge in [0, 0.05) is 11.1 Å². The van der Waals surface area contributed by atoms with E-state index in [-0.39, 0.29) is 16.5 Å². The Morgan fingerprint density at radius 3 is 2.67 bits per heavy atom. The Hall–Kier alpha value is -1.66. The number of Topliss-reactive ketones (excluding diaryl/α,β-unsaturated/α-hetero) is 1. The lowest BCUT2D eigenvalue weighted by molar-refractivity contribution is -0.140. The smallest absolute Gasteiger partial charge is 0.209 e. The molecule has 0 amide bonds. The standard InChI is InChI=1S/C18H21ClO5/c1-10(11(2)20)6-4-5-7-12-8-13-14(9-24-12)16(21)18(3,23)17(22)15(13)19/h4-11,16,20-21,23H,1-3H3/b6-4+,7-5+. The summed E-state index contributed by atoms with van der Waals surface area (Å²) >= 11 is 6.05. The van der Waals surface area contributed by atoms with Gasteiger partial charge in [-0.25, -0.2) is 0 Å². The Bertz CT molecular complexity index is 680. The molecule has 0 aromatic carbocycles. The number of allylic oxidation sites excluding steroid dienone is 4. The molecule has 2 rings (SSSR count). The molecule has 3 N–H and O–H groups in total. The van der Waals surface area contributed by atoms with E-state index in [9.17, 15) is 20.1 Å². The second-order valence-electron chi connectivity index (χ2n) is 6.19. The Balaban J connectivity index is 2.22. The number of ketones is 1. The van der Waals surface area contributed by atoms with E-state index in [1.807, 2.05) is 13.0 Å². The Morgan fingerprint density at radius 2 is 2.04 bits per heavy atom. The molecule has 1 heterocycles. The normalized spacial score (nSPS) is 30.1. The number of fused-ring (bicyclic) bond motifs is 1. The first-order chi connectivity index (χ1) is 11.2. The zero-order valence-electron chi connectivity index (χ0n) is 13.7. The van der Waals surface area contributed by atoms with Crippen LogP contribution in [0.25, 0.3) is 0 Å². The zero-order chi connectivity index (χ0) is 18.1. The molecule has 0 saturated carbocycles. The largest absolute Gasteiger partial charge is 0.465 e. The maximum atomic E-state index is 12.1. The molecule has 1 aliphatic carbocycles. The molecule has 0 radical (unpaired) electrons. The van der Waals surface area contributed by atoms with E-state index in [0.29, 0.717) is 11.3 Å². The fourth-order valence-electron chi connectivity index (χ4n) is 2.27. The van der Waals surface area contributed by atoms with E-state index >= 15 is 0 Å². The monoisotopic (exact) mass is 352 g/mol. The third kappa shape index (κ3) is 3.54. The summed E-state index contributed by atoms with van der Waals surface area (Å²) in [4.78, 5) is 12.1. The van der Waals surface area contributed by atoms with Crippen molar-refractivity contribution >= 4 is 17.4 Å². The van der Waals surface area contributed by atoms with Crippen LogP contribution in [0.15, 0.2) is 58.6 Å². The lowest BCUT2D eigenvalue weighted by Gasteiger charge is -2.35. The van der Waals surface area contributed by atoms with E-state index in [2.05, 4.69) is 0 Å².